The first-order valence-corrected chi connectivity index (χ1v) is 9.44. The van der Waals surface area contributed by atoms with Crippen molar-refractivity contribution in [2.45, 2.75) is 82.9 Å². The second kappa shape index (κ2) is 3.89. The third-order valence-corrected chi connectivity index (χ3v) is 8.22. The standard InChI is InChI=1S/C20H30O3/c1-11(2)16-13-7-6-12(3)20-15(22-20)9-18(5)19(20,23-18)10-17(13,4)8-14(16)21/h6-7,11-16,21H,8-10H2,1-5H3/b7-6-/t12-,13-,14-,15-,16+,17+,18+,19+,20-/m0/s1. The van der Waals surface area contributed by atoms with Crippen LogP contribution in [-0.4, -0.2) is 34.1 Å². The molecule has 2 aliphatic heterocycles. The Balaban J connectivity index is 1.61. The molecule has 0 aromatic carbocycles. The molecule has 5 rings (SSSR count). The van der Waals surface area contributed by atoms with Crippen molar-refractivity contribution in [3.63, 3.8) is 0 Å². The Morgan fingerprint density at radius 2 is 1.91 bits per heavy atom. The molecule has 2 saturated carbocycles. The fraction of sp³-hybridized carbons (Fsp3) is 0.900. The number of fused-ring (bicyclic) bond motifs is 1. The largest absolute Gasteiger partial charge is 0.393 e. The van der Waals surface area contributed by atoms with E-state index in [9.17, 15) is 5.11 Å². The van der Waals surface area contributed by atoms with Crippen LogP contribution in [0.2, 0.25) is 0 Å². The van der Waals surface area contributed by atoms with Crippen LogP contribution >= 0.6 is 0 Å². The molecular weight excluding hydrogens is 288 g/mol. The van der Waals surface area contributed by atoms with Crippen molar-refractivity contribution >= 4 is 0 Å². The van der Waals surface area contributed by atoms with Gasteiger partial charge < -0.3 is 14.6 Å². The predicted octanol–water partition coefficient (Wildman–Crippen LogP) is 3.31. The van der Waals surface area contributed by atoms with Crippen LogP contribution in [0.5, 0.6) is 0 Å². The topological polar surface area (TPSA) is 45.3 Å². The highest BCUT2D eigenvalue weighted by molar-refractivity contribution is 5.42. The summed E-state index contributed by atoms with van der Waals surface area (Å²) in [7, 11) is 0. The van der Waals surface area contributed by atoms with Crippen molar-refractivity contribution in [3.8, 4) is 0 Å². The van der Waals surface area contributed by atoms with Gasteiger partial charge in [0.1, 0.15) is 16.8 Å². The van der Waals surface area contributed by atoms with Gasteiger partial charge in [-0.05, 0) is 42.9 Å². The van der Waals surface area contributed by atoms with Gasteiger partial charge in [-0.2, -0.15) is 0 Å². The van der Waals surface area contributed by atoms with Crippen LogP contribution < -0.4 is 0 Å². The summed E-state index contributed by atoms with van der Waals surface area (Å²) in [6.07, 6.45) is 7.95. The molecule has 0 amide bonds. The Labute approximate surface area is 139 Å². The number of hydrogen-bond acceptors (Lipinski definition) is 3. The molecule has 5 aliphatic rings. The molecule has 0 unspecified atom stereocenters. The maximum Gasteiger partial charge on any atom is 0.132 e. The van der Waals surface area contributed by atoms with Gasteiger partial charge in [-0.3, -0.25) is 0 Å². The maximum atomic E-state index is 10.8. The minimum atomic E-state index is -0.197. The Morgan fingerprint density at radius 1 is 1.17 bits per heavy atom. The first-order valence-electron chi connectivity index (χ1n) is 9.44. The van der Waals surface area contributed by atoms with E-state index in [1.165, 1.54) is 0 Å². The van der Waals surface area contributed by atoms with E-state index in [0.717, 1.165) is 19.3 Å². The van der Waals surface area contributed by atoms with Gasteiger partial charge in [0, 0.05) is 12.3 Å². The van der Waals surface area contributed by atoms with Crippen molar-refractivity contribution in [1.82, 2.24) is 0 Å². The normalized spacial score (nSPS) is 66.8. The lowest BCUT2D eigenvalue weighted by molar-refractivity contribution is 0.0573. The molecule has 128 valence electrons. The third-order valence-electron chi connectivity index (χ3n) is 8.22. The number of ether oxygens (including phenoxy) is 2. The summed E-state index contributed by atoms with van der Waals surface area (Å²) in [5, 5.41) is 10.8. The number of aliphatic hydroxyl groups is 1. The van der Waals surface area contributed by atoms with Crippen molar-refractivity contribution < 1.29 is 14.6 Å². The molecule has 0 aromatic heterocycles. The van der Waals surface area contributed by atoms with Gasteiger partial charge in [0.25, 0.3) is 0 Å². The molecule has 9 atom stereocenters. The van der Waals surface area contributed by atoms with E-state index in [1.54, 1.807) is 0 Å². The van der Waals surface area contributed by atoms with E-state index in [4.69, 9.17) is 9.47 Å². The lowest BCUT2D eigenvalue weighted by Crippen LogP contribution is -2.46. The lowest BCUT2D eigenvalue weighted by Gasteiger charge is -2.40. The highest BCUT2D eigenvalue weighted by atomic mass is 16.7. The molecule has 4 fully saturated rings. The van der Waals surface area contributed by atoms with Gasteiger partial charge in [-0.25, -0.2) is 0 Å². The number of rotatable bonds is 1. The predicted molar refractivity (Wildman–Crippen MR) is 87.9 cm³/mol. The molecule has 3 heteroatoms. The number of hydrogen-bond donors (Lipinski definition) is 1. The summed E-state index contributed by atoms with van der Waals surface area (Å²) in [6.45, 7) is 11.5. The minimum Gasteiger partial charge on any atom is -0.393 e. The van der Waals surface area contributed by atoms with Crippen molar-refractivity contribution in [2.75, 3.05) is 0 Å². The molecule has 2 spiro atoms. The van der Waals surface area contributed by atoms with Gasteiger partial charge >= 0.3 is 0 Å². The van der Waals surface area contributed by atoms with E-state index >= 15 is 0 Å². The first kappa shape index (κ1) is 14.9. The average Bonchev–Trinajstić information content (AvgIpc) is 3.24. The number of allylic oxidation sites excluding steroid dienone is 1. The van der Waals surface area contributed by atoms with Crippen molar-refractivity contribution in [3.05, 3.63) is 12.2 Å². The highest BCUT2D eigenvalue weighted by Crippen LogP contribution is 2.79. The maximum absolute atomic E-state index is 10.8. The fourth-order valence-corrected chi connectivity index (χ4v) is 7.15. The zero-order valence-corrected chi connectivity index (χ0v) is 15.0. The van der Waals surface area contributed by atoms with E-state index in [0.29, 0.717) is 29.8 Å². The number of epoxide rings is 2. The van der Waals surface area contributed by atoms with Crippen LogP contribution in [0.4, 0.5) is 0 Å². The van der Waals surface area contributed by atoms with E-state index < -0.39 is 0 Å². The second-order valence-electron chi connectivity index (χ2n) is 9.89. The smallest absolute Gasteiger partial charge is 0.132 e. The van der Waals surface area contributed by atoms with Crippen LogP contribution in [0, 0.1) is 29.1 Å². The monoisotopic (exact) mass is 318 g/mol. The van der Waals surface area contributed by atoms with E-state index in [-0.39, 0.29) is 28.3 Å². The molecule has 0 radical (unpaired) electrons. The zero-order chi connectivity index (χ0) is 16.4. The third kappa shape index (κ3) is 1.46. The SMILES string of the molecule is CC(C)[C@H]1[C@@H](O)C[C@]2(C)C[C@@]34O[C@]3(C)C[C@@H]3O[C@@]34[C@@H](C)/C=C\[C@@H]12. The van der Waals surface area contributed by atoms with Crippen LogP contribution in [0.1, 0.15) is 53.9 Å². The molecule has 3 aliphatic carbocycles. The summed E-state index contributed by atoms with van der Waals surface area (Å²) < 4.78 is 12.7. The van der Waals surface area contributed by atoms with E-state index in [1.807, 2.05) is 0 Å². The van der Waals surface area contributed by atoms with Crippen LogP contribution in [0.25, 0.3) is 0 Å². The van der Waals surface area contributed by atoms with Crippen molar-refractivity contribution in [1.29, 1.82) is 0 Å². The average molecular weight is 318 g/mol. The Morgan fingerprint density at radius 3 is 2.61 bits per heavy atom. The molecule has 23 heavy (non-hydrogen) atoms. The number of aliphatic hydroxyl groups excluding tert-OH is 1. The molecule has 2 heterocycles. The zero-order valence-electron chi connectivity index (χ0n) is 15.0. The summed E-state index contributed by atoms with van der Waals surface area (Å²) >= 11 is 0. The summed E-state index contributed by atoms with van der Waals surface area (Å²) in [6, 6.07) is 0. The minimum absolute atomic E-state index is 0.00376. The lowest BCUT2D eigenvalue weighted by atomic mass is 9.63. The fourth-order valence-electron chi connectivity index (χ4n) is 7.15. The van der Waals surface area contributed by atoms with Gasteiger partial charge in [0.05, 0.1) is 12.2 Å². The van der Waals surface area contributed by atoms with E-state index in [2.05, 4.69) is 46.8 Å². The Kier molecular flexibility index (Phi) is 2.52. The summed E-state index contributed by atoms with van der Waals surface area (Å²) in [4.78, 5) is 0. The second-order valence-corrected chi connectivity index (χ2v) is 9.89. The van der Waals surface area contributed by atoms with Gasteiger partial charge in [0.2, 0.25) is 0 Å². The Hall–Kier alpha value is -0.380. The Bertz CT molecular complexity index is 600. The quantitative estimate of drug-likeness (QED) is 0.596. The highest BCUT2D eigenvalue weighted by Gasteiger charge is 2.93. The van der Waals surface area contributed by atoms with Crippen LogP contribution in [-0.2, 0) is 9.47 Å². The molecule has 1 N–H and O–H groups in total. The van der Waals surface area contributed by atoms with Crippen molar-refractivity contribution in [2.24, 2.45) is 29.1 Å². The molecule has 3 nitrogen and oxygen atoms in total. The first-order chi connectivity index (χ1) is 10.7. The van der Waals surface area contributed by atoms with Gasteiger partial charge in [-0.15, -0.1) is 0 Å². The van der Waals surface area contributed by atoms with Gasteiger partial charge in [0.15, 0.2) is 0 Å². The summed E-state index contributed by atoms with van der Waals surface area (Å²) in [5.41, 5.74) is -0.0963. The molecule has 0 aromatic rings. The van der Waals surface area contributed by atoms with Crippen LogP contribution in [0.15, 0.2) is 12.2 Å². The summed E-state index contributed by atoms with van der Waals surface area (Å²) in [5.74, 6) is 1.70. The molecule has 2 saturated heterocycles. The molecule has 0 bridgehead atoms. The molecular formula is C20H30O3. The van der Waals surface area contributed by atoms with Gasteiger partial charge in [-0.1, -0.05) is 39.8 Å². The van der Waals surface area contributed by atoms with Crippen LogP contribution in [0.3, 0.4) is 0 Å².